The normalized spacial score (nSPS) is 26.3. The maximum atomic E-state index is 5.91. The standard InChI is InChI=1S/C15H20N2S/c1-9-6-12-11-5-3-2-4-10(11)8-17-14(12)13(7-9)15(16)18/h8-9,13H,2-7H2,1H3,(H2,16,18). The molecule has 96 valence electrons. The van der Waals surface area contributed by atoms with Gasteiger partial charge >= 0.3 is 0 Å². The second-order valence-corrected chi connectivity index (χ2v) is 6.30. The first-order valence-corrected chi connectivity index (χ1v) is 7.36. The Hall–Kier alpha value is -0.960. The molecule has 1 heterocycles. The van der Waals surface area contributed by atoms with Crippen molar-refractivity contribution in [3.63, 3.8) is 0 Å². The third-order valence-electron chi connectivity index (χ3n) is 4.41. The van der Waals surface area contributed by atoms with Gasteiger partial charge in [-0.25, -0.2) is 0 Å². The van der Waals surface area contributed by atoms with Crippen LogP contribution in [0.15, 0.2) is 6.20 Å². The molecule has 3 rings (SSSR count). The Kier molecular flexibility index (Phi) is 3.10. The van der Waals surface area contributed by atoms with E-state index in [1.165, 1.54) is 42.5 Å². The van der Waals surface area contributed by atoms with Crippen molar-refractivity contribution in [2.24, 2.45) is 11.7 Å². The smallest absolute Gasteiger partial charge is 0.0819 e. The molecule has 0 aliphatic heterocycles. The molecular weight excluding hydrogens is 240 g/mol. The molecule has 3 heteroatoms. The largest absolute Gasteiger partial charge is 0.393 e. The monoisotopic (exact) mass is 260 g/mol. The molecule has 2 aliphatic carbocycles. The van der Waals surface area contributed by atoms with Gasteiger partial charge < -0.3 is 5.73 Å². The predicted molar refractivity (Wildman–Crippen MR) is 77.9 cm³/mol. The van der Waals surface area contributed by atoms with E-state index in [1.54, 1.807) is 5.56 Å². The van der Waals surface area contributed by atoms with Crippen molar-refractivity contribution in [1.29, 1.82) is 0 Å². The molecule has 0 saturated heterocycles. The Morgan fingerprint density at radius 1 is 1.33 bits per heavy atom. The first-order valence-electron chi connectivity index (χ1n) is 6.95. The molecule has 0 amide bonds. The maximum Gasteiger partial charge on any atom is 0.0819 e. The fourth-order valence-corrected chi connectivity index (χ4v) is 3.73. The number of nitrogens with zero attached hydrogens (tertiary/aromatic N) is 1. The molecular formula is C15H20N2S. The molecule has 0 fully saturated rings. The number of aryl methyl sites for hydroxylation is 1. The van der Waals surface area contributed by atoms with Gasteiger partial charge in [0.2, 0.25) is 0 Å². The molecule has 0 aromatic carbocycles. The topological polar surface area (TPSA) is 38.9 Å². The average molecular weight is 260 g/mol. The van der Waals surface area contributed by atoms with Crippen LogP contribution in [0.1, 0.15) is 54.5 Å². The van der Waals surface area contributed by atoms with Crippen molar-refractivity contribution >= 4 is 17.2 Å². The minimum Gasteiger partial charge on any atom is -0.393 e. The molecule has 2 atom stereocenters. The van der Waals surface area contributed by atoms with Crippen molar-refractivity contribution in [2.75, 3.05) is 0 Å². The van der Waals surface area contributed by atoms with Gasteiger partial charge in [-0.3, -0.25) is 4.98 Å². The van der Waals surface area contributed by atoms with E-state index in [1.807, 2.05) is 0 Å². The summed E-state index contributed by atoms with van der Waals surface area (Å²) in [5, 5.41) is 0. The van der Waals surface area contributed by atoms with Crippen LogP contribution >= 0.6 is 12.2 Å². The second kappa shape index (κ2) is 4.61. The van der Waals surface area contributed by atoms with Crippen LogP contribution in [-0.2, 0) is 19.3 Å². The van der Waals surface area contributed by atoms with Crippen molar-refractivity contribution in [3.05, 3.63) is 28.6 Å². The molecule has 2 nitrogen and oxygen atoms in total. The van der Waals surface area contributed by atoms with Crippen molar-refractivity contribution in [1.82, 2.24) is 4.98 Å². The number of rotatable bonds is 1. The molecule has 2 unspecified atom stereocenters. The lowest BCUT2D eigenvalue weighted by molar-refractivity contribution is 0.469. The van der Waals surface area contributed by atoms with Crippen molar-refractivity contribution < 1.29 is 0 Å². The summed E-state index contributed by atoms with van der Waals surface area (Å²) in [4.78, 5) is 5.32. The van der Waals surface area contributed by atoms with Crippen molar-refractivity contribution in [3.8, 4) is 0 Å². The molecule has 2 N–H and O–H groups in total. The zero-order chi connectivity index (χ0) is 12.7. The second-order valence-electron chi connectivity index (χ2n) is 5.83. The van der Waals surface area contributed by atoms with E-state index in [9.17, 15) is 0 Å². The highest BCUT2D eigenvalue weighted by Gasteiger charge is 2.30. The molecule has 1 aromatic rings. The third kappa shape index (κ3) is 1.95. The van der Waals surface area contributed by atoms with Crippen LogP contribution in [0, 0.1) is 5.92 Å². The number of hydrogen-bond donors (Lipinski definition) is 1. The van der Waals surface area contributed by atoms with E-state index < -0.39 is 0 Å². The van der Waals surface area contributed by atoms with Gasteiger partial charge in [-0.1, -0.05) is 19.1 Å². The zero-order valence-corrected chi connectivity index (χ0v) is 11.7. The Labute approximate surface area is 114 Å². The first-order chi connectivity index (χ1) is 8.66. The Morgan fingerprint density at radius 3 is 2.89 bits per heavy atom. The Morgan fingerprint density at radius 2 is 2.11 bits per heavy atom. The van der Waals surface area contributed by atoms with Crippen LogP contribution in [0.25, 0.3) is 0 Å². The molecule has 0 radical (unpaired) electrons. The maximum absolute atomic E-state index is 5.91. The minimum atomic E-state index is 0.200. The van der Waals surface area contributed by atoms with Crippen LogP contribution in [0.2, 0.25) is 0 Å². The van der Waals surface area contributed by atoms with Gasteiger partial charge in [0.1, 0.15) is 0 Å². The summed E-state index contributed by atoms with van der Waals surface area (Å²) in [6.45, 7) is 2.30. The lowest BCUT2D eigenvalue weighted by atomic mass is 9.76. The van der Waals surface area contributed by atoms with Gasteiger partial charge in [-0.15, -0.1) is 0 Å². The Balaban J connectivity index is 2.12. The molecule has 0 bridgehead atoms. The van der Waals surface area contributed by atoms with Crippen LogP contribution in [0.4, 0.5) is 0 Å². The van der Waals surface area contributed by atoms with E-state index in [-0.39, 0.29) is 5.92 Å². The summed E-state index contributed by atoms with van der Waals surface area (Å²) in [6.07, 6.45) is 9.34. The third-order valence-corrected chi connectivity index (χ3v) is 4.69. The lowest BCUT2D eigenvalue weighted by Crippen LogP contribution is -2.29. The van der Waals surface area contributed by atoms with E-state index in [0.717, 1.165) is 12.8 Å². The number of nitrogens with two attached hydrogens (primary N) is 1. The van der Waals surface area contributed by atoms with Gasteiger partial charge in [0.15, 0.2) is 0 Å². The highest BCUT2D eigenvalue weighted by molar-refractivity contribution is 7.80. The molecule has 0 spiro atoms. The number of aromatic nitrogens is 1. The summed E-state index contributed by atoms with van der Waals surface area (Å²) in [5.41, 5.74) is 11.6. The van der Waals surface area contributed by atoms with Crippen LogP contribution in [0.3, 0.4) is 0 Å². The summed E-state index contributed by atoms with van der Waals surface area (Å²) >= 11 is 5.24. The fraction of sp³-hybridized carbons (Fsp3) is 0.600. The minimum absolute atomic E-state index is 0.200. The average Bonchev–Trinajstić information content (AvgIpc) is 2.37. The molecule has 2 aliphatic rings. The molecule has 0 saturated carbocycles. The first kappa shape index (κ1) is 12.1. The molecule has 18 heavy (non-hydrogen) atoms. The number of fused-ring (bicyclic) bond motifs is 3. The highest BCUT2D eigenvalue weighted by atomic mass is 32.1. The van der Waals surface area contributed by atoms with Crippen LogP contribution < -0.4 is 5.73 Å². The summed E-state index contributed by atoms with van der Waals surface area (Å²) < 4.78 is 0. The summed E-state index contributed by atoms with van der Waals surface area (Å²) in [5.74, 6) is 0.866. The van der Waals surface area contributed by atoms with E-state index >= 15 is 0 Å². The molecule has 1 aromatic heterocycles. The van der Waals surface area contributed by atoms with Gasteiger partial charge in [-0.05, 0) is 61.1 Å². The quantitative estimate of drug-likeness (QED) is 0.789. The van der Waals surface area contributed by atoms with Crippen LogP contribution in [0.5, 0.6) is 0 Å². The van der Waals surface area contributed by atoms with Gasteiger partial charge in [0.05, 0.1) is 16.6 Å². The number of hydrogen-bond acceptors (Lipinski definition) is 2. The zero-order valence-electron chi connectivity index (χ0n) is 10.9. The van der Waals surface area contributed by atoms with Gasteiger partial charge in [0.25, 0.3) is 0 Å². The lowest BCUT2D eigenvalue weighted by Gasteiger charge is -2.32. The summed E-state index contributed by atoms with van der Waals surface area (Å²) in [6, 6.07) is 0. The van der Waals surface area contributed by atoms with Gasteiger partial charge in [-0.2, -0.15) is 0 Å². The van der Waals surface area contributed by atoms with Gasteiger partial charge in [0, 0.05) is 6.20 Å². The summed E-state index contributed by atoms with van der Waals surface area (Å²) in [7, 11) is 0. The number of thiocarbonyl (C=S) groups is 1. The van der Waals surface area contributed by atoms with E-state index in [4.69, 9.17) is 22.9 Å². The predicted octanol–water partition coefficient (Wildman–Crippen LogP) is 2.91. The number of pyridine rings is 1. The Bertz CT molecular complexity index is 496. The fourth-order valence-electron chi connectivity index (χ4n) is 3.52. The van der Waals surface area contributed by atoms with Crippen LogP contribution in [-0.4, -0.2) is 9.97 Å². The van der Waals surface area contributed by atoms with Crippen molar-refractivity contribution in [2.45, 2.75) is 51.4 Å². The van der Waals surface area contributed by atoms with E-state index in [0.29, 0.717) is 10.9 Å². The highest BCUT2D eigenvalue weighted by Crippen LogP contribution is 2.38. The SMILES string of the molecule is CC1Cc2c(ncc3c2CCCC3)C(C(N)=S)C1. The van der Waals surface area contributed by atoms with E-state index in [2.05, 4.69) is 13.1 Å².